The molecule has 1 aliphatic heterocycles. The Balaban J connectivity index is 2.46. The molecule has 4 nitrogen and oxygen atoms in total. The van der Waals surface area contributed by atoms with E-state index in [0.717, 1.165) is 24.5 Å². The Morgan fingerprint density at radius 3 is 2.59 bits per heavy atom. The van der Waals surface area contributed by atoms with Gasteiger partial charge in [-0.3, -0.25) is 4.99 Å². The molecule has 0 unspecified atom stereocenters. The van der Waals surface area contributed by atoms with Crippen LogP contribution in [-0.4, -0.2) is 45.1 Å². The van der Waals surface area contributed by atoms with E-state index in [1.54, 1.807) is 14.2 Å². The summed E-state index contributed by atoms with van der Waals surface area (Å²) in [7, 11) is 5.18. The van der Waals surface area contributed by atoms with Gasteiger partial charge in [0.05, 0.1) is 25.8 Å². The summed E-state index contributed by atoms with van der Waals surface area (Å²) < 4.78 is 10.5. The van der Waals surface area contributed by atoms with Crippen LogP contribution in [0.3, 0.4) is 0 Å². The third-order valence-electron chi connectivity index (χ3n) is 2.75. The average Bonchev–Trinajstić information content (AvgIpc) is 2.74. The van der Waals surface area contributed by atoms with Gasteiger partial charge in [0.25, 0.3) is 0 Å². The molecule has 0 saturated heterocycles. The molecule has 0 atom stereocenters. The summed E-state index contributed by atoms with van der Waals surface area (Å²) in [5, 5.41) is 0.532. The van der Waals surface area contributed by atoms with Gasteiger partial charge in [-0.15, -0.1) is 0 Å². The van der Waals surface area contributed by atoms with Crippen LogP contribution in [0.5, 0.6) is 11.5 Å². The molecule has 1 aromatic carbocycles. The third kappa shape index (κ3) is 2.17. The number of likely N-dealkylation sites (N-methyl/N-ethyl adjacent to an activating group) is 1. The molecule has 1 aliphatic rings. The van der Waals surface area contributed by atoms with Crippen molar-refractivity contribution in [2.24, 2.45) is 4.99 Å². The van der Waals surface area contributed by atoms with E-state index in [-0.39, 0.29) is 0 Å². The van der Waals surface area contributed by atoms with Gasteiger partial charge in [0, 0.05) is 19.2 Å². The summed E-state index contributed by atoms with van der Waals surface area (Å²) in [6, 6.07) is 3.74. The Hall–Kier alpha value is -1.42. The summed E-state index contributed by atoms with van der Waals surface area (Å²) in [5.74, 6) is 2.12. The van der Waals surface area contributed by atoms with E-state index in [0.29, 0.717) is 16.5 Å². The number of aliphatic imine (C=N–C) groups is 1. The van der Waals surface area contributed by atoms with E-state index in [2.05, 4.69) is 9.89 Å². The molecular weight excluding hydrogens is 240 g/mol. The Morgan fingerprint density at radius 1 is 1.29 bits per heavy atom. The SMILES string of the molecule is COc1cc(C2=NCCN2C)cc(Cl)c1OC. The molecule has 0 saturated carbocycles. The van der Waals surface area contributed by atoms with Crippen LogP contribution in [0.1, 0.15) is 5.56 Å². The molecule has 2 rings (SSSR count). The zero-order valence-electron chi connectivity index (χ0n) is 10.2. The molecule has 0 spiro atoms. The van der Waals surface area contributed by atoms with Crippen molar-refractivity contribution < 1.29 is 9.47 Å². The van der Waals surface area contributed by atoms with Crippen molar-refractivity contribution in [2.75, 3.05) is 34.4 Å². The summed E-state index contributed by atoms with van der Waals surface area (Å²) in [4.78, 5) is 6.54. The molecule has 17 heavy (non-hydrogen) atoms. The molecular formula is C12H15ClN2O2. The molecule has 0 N–H and O–H groups in total. The summed E-state index contributed by atoms with van der Waals surface area (Å²) >= 11 is 6.16. The van der Waals surface area contributed by atoms with Crippen molar-refractivity contribution in [1.82, 2.24) is 4.90 Å². The zero-order chi connectivity index (χ0) is 12.4. The molecule has 0 fully saturated rings. The maximum atomic E-state index is 6.16. The maximum absolute atomic E-state index is 6.16. The van der Waals surface area contributed by atoms with Crippen molar-refractivity contribution in [2.45, 2.75) is 0 Å². The fraction of sp³-hybridized carbons (Fsp3) is 0.417. The fourth-order valence-corrected chi connectivity index (χ4v) is 2.18. The Morgan fingerprint density at radius 2 is 2.06 bits per heavy atom. The first-order valence-electron chi connectivity index (χ1n) is 5.35. The van der Waals surface area contributed by atoms with Crippen LogP contribution in [-0.2, 0) is 0 Å². The van der Waals surface area contributed by atoms with Gasteiger partial charge in [0.2, 0.25) is 0 Å². The van der Waals surface area contributed by atoms with Gasteiger partial charge in [-0.1, -0.05) is 11.6 Å². The third-order valence-corrected chi connectivity index (χ3v) is 3.03. The van der Waals surface area contributed by atoms with Gasteiger partial charge in [0.15, 0.2) is 11.5 Å². The minimum atomic E-state index is 0.532. The first kappa shape index (κ1) is 12.0. The first-order chi connectivity index (χ1) is 8.17. The lowest BCUT2D eigenvalue weighted by Gasteiger charge is -2.16. The molecule has 0 radical (unpaired) electrons. The number of rotatable bonds is 3. The first-order valence-corrected chi connectivity index (χ1v) is 5.72. The van der Waals surface area contributed by atoms with Gasteiger partial charge in [-0.05, 0) is 12.1 Å². The van der Waals surface area contributed by atoms with Crippen LogP contribution in [0.25, 0.3) is 0 Å². The van der Waals surface area contributed by atoms with Gasteiger partial charge in [0.1, 0.15) is 5.84 Å². The number of methoxy groups -OCH3 is 2. The lowest BCUT2D eigenvalue weighted by molar-refractivity contribution is 0.355. The van der Waals surface area contributed by atoms with Crippen molar-refractivity contribution in [3.8, 4) is 11.5 Å². The van der Waals surface area contributed by atoms with Gasteiger partial charge in [-0.2, -0.15) is 0 Å². The van der Waals surface area contributed by atoms with Crippen LogP contribution in [0, 0.1) is 0 Å². The van der Waals surface area contributed by atoms with Crippen molar-refractivity contribution in [1.29, 1.82) is 0 Å². The molecule has 92 valence electrons. The summed E-state index contributed by atoms with van der Waals surface area (Å²) in [6.07, 6.45) is 0. The highest BCUT2D eigenvalue weighted by atomic mass is 35.5. The normalized spacial score (nSPS) is 14.8. The van der Waals surface area contributed by atoms with E-state index >= 15 is 0 Å². The molecule has 5 heteroatoms. The lowest BCUT2D eigenvalue weighted by atomic mass is 10.1. The highest BCUT2D eigenvalue weighted by Crippen LogP contribution is 2.36. The number of benzene rings is 1. The molecule has 0 aromatic heterocycles. The van der Waals surface area contributed by atoms with E-state index in [1.165, 1.54) is 0 Å². The number of ether oxygens (including phenoxy) is 2. The lowest BCUT2D eigenvalue weighted by Crippen LogP contribution is -2.23. The number of amidine groups is 1. The summed E-state index contributed by atoms with van der Waals surface area (Å²) in [5.41, 5.74) is 0.952. The molecule has 0 aliphatic carbocycles. The van der Waals surface area contributed by atoms with Gasteiger partial charge in [-0.25, -0.2) is 0 Å². The highest BCUT2D eigenvalue weighted by Gasteiger charge is 2.18. The van der Waals surface area contributed by atoms with E-state index in [4.69, 9.17) is 21.1 Å². The van der Waals surface area contributed by atoms with Crippen LogP contribution in [0.15, 0.2) is 17.1 Å². The van der Waals surface area contributed by atoms with Crippen LogP contribution >= 0.6 is 11.6 Å². The molecule has 1 heterocycles. The molecule has 0 bridgehead atoms. The fourth-order valence-electron chi connectivity index (χ4n) is 1.89. The maximum Gasteiger partial charge on any atom is 0.179 e. The second kappa shape index (κ2) is 4.84. The molecule has 0 amide bonds. The van der Waals surface area contributed by atoms with Crippen LogP contribution in [0.4, 0.5) is 0 Å². The van der Waals surface area contributed by atoms with Crippen molar-refractivity contribution >= 4 is 17.4 Å². The average molecular weight is 255 g/mol. The number of hydrogen-bond acceptors (Lipinski definition) is 4. The Kier molecular flexibility index (Phi) is 3.43. The van der Waals surface area contributed by atoms with Gasteiger partial charge >= 0.3 is 0 Å². The predicted molar refractivity (Wildman–Crippen MR) is 68.6 cm³/mol. The second-order valence-corrected chi connectivity index (χ2v) is 4.23. The van der Waals surface area contributed by atoms with Crippen molar-refractivity contribution in [3.63, 3.8) is 0 Å². The smallest absolute Gasteiger partial charge is 0.179 e. The van der Waals surface area contributed by atoms with E-state index in [1.807, 2.05) is 19.2 Å². The van der Waals surface area contributed by atoms with Crippen LogP contribution < -0.4 is 9.47 Å². The van der Waals surface area contributed by atoms with E-state index < -0.39 is 0 Å². The zero-order valence-corrected chi connectivity index (χ0v) is 10.9. The van der Waals surface area contributed by atoms with E-state index in [9.17, 15) is 0 Å². The van der Waals surface area contributed by atoms with Crippen molar-refractivity contribution in [3.05, 3.63) is 22.7 Å². The number of nitrogens with zero attached hydrogens (tertiary/aromatic N) is 2. The standard InChI is InChI=1S/C12H15ClN2O2/c1-15-5-4-14-12(15)8-6-9(13)11(17-3)10(7-8)16-2/h6-7H,4-5H2,1-3H3. The Labute approximate surface area is 106 Å². The monoisotopic (exact) mass is 254 g/mol. The van der Waals surface area contributed by atoms with Gasteiger partial charge < -0.3 is 14.4 Å². The minimum Gasteiger partial charge on any atom is -0.493 e. The number of hydrogen-bond donors (Lipinski definition) is 0. The topological polar surface area (TPSA) is 34.1 Å². The molecule has 1 aromatic rings. The highest BCUT2D eigenvalue weighted by molar-refractivity contribution is 6.32. The quantitative estimate of drug-likeness (QED) is 0.828. The Bertz CT molecular complexity index is 460. The summed E-state index contributed by atoms with van der Waals surface area (Å²) in [6.45, 7) is 1.75. The predicted octanol–water partition coefficient (Wildman–Crippen LogP) is 2.05. The largest absolute Gasteiger partial charge is 0.493 e. The number of halogens is 1. The second-order valence-electron chi connectivity index (χ2n) is 3.82. The van der Waals surface area contributed by atoms with Crippen LogP contribution in [0.2, 0.25) is 5.02 Å². The minimum absolute atomic E-state index is 0.532.